The van der Waals surface area contributed by atoms with E-state index in [1.807, 2.05) is 4.90 Å². The van der Waals surface area contributed by atoms with Gasteiger partial charge in [0.05, 0.1) is 5.56 Å². The Bertz CT molecular complexity index is 516. The number of alkyl halides is 3. The molecule has 0 aliphatic carbocycles. The summed E-state index contributed by atoms with van der Waals surface area (Å²) in [5.41, 5.74) is 5.80. The van der Waals surface area contributed by atoms with E-state index in [0.717, 1.165) is 12.8 Å². The average Bonchev–Trinajstić information content (AvgIpc) is 2.44. The minimum Gasteiger partial charge on any atom is -0.381 e. The number of rotatable bonds is 2. The van der Waals surface area contributed by atoms with Crippen LogP contribution in [0.1, 0.15) is 24.0 Å². The van der Waals surface area contributed by atoms with Gasteiger partial charge in [-0.1, -0.05) is 6.07 Å². The van der Waals surface area contributed by atoms with Crippen molar-refractivity contribution in [2.75, 3.05) is 31.2 Å². The summed E-state index contributed by atoms with van der Waals surface area (Å²) >= 11 is 0. The van der Waals surface area contributed by atoms with Crippen molar-refractivity contribution in [2.45, 2.75) is 25.6 Å². The molecule has 21 heavy (non-hydrogen) atoms. The van der Waals surface area contributed by atoms with E-state index in [-0.39, 0.29) is 17.6 Å². The summed E-state index contributed by atoms with van der Waals surface area (Å²) in [5, 5.41) is 0. The highest BCUT2D eigenvalue weighted by Gasteiger charge is 2.46. The zero-order valence-corrected chi connectivity index (χ0v) is 11.7. The molecule has 2 aliphatic heterocycles. The van der Waals surface area contributed by atoms with Gasteiger partial charge in [-0.05, 0) is 30.5 Å². The van der Waals surface area contributed by atoms with Crippen LogP contribution in [0, 0.1) is 5.41 Å². The largest absolute Gasteiger partial charge is 0.418 e. The molecule has 1 aromatic carbocycles. The molecular formula is C15H19F3N2O. The summed E-state index contributed by atoms with van der Waals surface area (Å²) in [6.45, 7) is 2.91. The van der Waals surface area contributed by atoms with Crippen LogP contribution in [-0.4, -0.2) is 26.3 Å². The van der Waals surface area contributed by atoms with Crippen LogP contribution in [0.25, 0.3) is 0 Å². The third kappa shape index (κ3) is 2.74. The molecule has 0 amide bonds. The predicted octanol–water partition coefficient (Wildman–Crippen LogP) is 2.78. The second-order valence-corrected chi connectivity index (χ2v) is 6.02. The summed E-state index contributed by atoms with van der Waals surface area (Å²) in [7, 11) is 0. The van der Waals surface area contributed by atoms with Gasteiger partial charge in [0, 0.05) is 44.0 Å². The maximum Gasteiger partial charge on any atom is 0.418 e. The maximum absolute atomic E-state index is 13.2. The van der Waals surface area contributed by atoms with Crippen LogP contribution in [0.15, 0.2) is 18.2 Å². The summed E-state index contributed by atoms with van der Waals surface area (Å²) in [6.07, 6.45) is -2.48. The number of hydrogen-bond donors (Lipinski definition) is 1. The summed E-state index contributed by atoms with van der Waals surface area (Å²) in [6, 6.07) is 4.40. The van der Waals surface area contributed by atoms with Gasteiger partial charge in [-0.15, -0.1) is 0 Å². The lowest BCUT2D eigenvalue weighted by Gasteiger charge is -2.53. The molecule has 0 saturated carbocycles. The first kappa shape index (κ1) is 14.7. The fourth-order valence-corrected chi connectivity index (χ4v) is 3.27. The fourth-order valence-electron chi connectivity index (χ4n) is 3.27. The summed E-state index contributed by atoms with van der Waals surface area (Å²) in [4.78, 5) is 1.83. The number of ether oxygens (including phenoxy) is 1. The zero-order valence-electron chi connectivity index (χ0n) is 11.7. The lowest BCUT2D eigenvalue weighted by molar-refractivity contribution is -0.137. The predicted molar refractivity (Wildman–Crippen MR) is 74.0 cm³/mol. The molecule has 3 nitrogen and oxygen atoms in total. The van der Waals surface area contributed by atoms with Crippen LogP contribution < -0.4 is 10.6 Å². The van der Waals surface area contributed by atoms with Crippen molar-refractivity contribution in [1.29, 1.82) is 0 Å². The minimum absolute atomic E-state index is 0.116. The molecule has 6 heteroatoms. The van der Waals surface area contributed by atoms with E-state index >= 15 is 0 Å². The van der Waals surface area contributed by atoms with E-state index in [1.54, 1.807) is 12.1 Å². The smallest absolute Gasteiger partial charge is 0.381 e. The third-order valence-corrected chi connectivity index (χ3v) is 4.55. The van der Waals surface area contributed by atoms with Gasteiger partial charge in [0.25, 0.3) is 0 Å². The van der Waals surface area contributed by atoms with Crippen LogP contribution in [0.5, 0.6) is 0 Å². The average molecular weight is 300 g/mol. The van der Waals surface area contributed by atoms with Gasteiger partial charge >= 0.3 is 6.18 Å². The number of halogens is 3. The molecule has 2 N–H and O–H groups in total. The molecule has 1 aromatic rings. The van der Waals surface area contributed by atoms with E-state index in [0.29, 0.717) is 31.9 Å². The Kier molecular flexibility index (Phi) is 3.61. The van der Waals surface area contributed by atoms with Crippen LogP contribution in [0.2, 0.25) is 0 Å². The second-order valence-electron chi connectivity index (χ2n) is 6.02. The molecular weight excluding hydrogens is 281 g/mol. The molecule has 2 saturated heterocycles. The molecule has 0 bridgehead atoms. The molecule has 2 fully saturated rings. The number of benzene rings is 1. The lowest BCUT2D eigenvalue weighted by atomic mass is 9.73. The van der Waals surface area contributed by atoms with Crippen molar-refractivity contribution in [3.05, 3.63) is 29.3 Å². The lowest BCUT2D eigenvalue weighted by Crippen LogP contribution is -2.59. The van der Waals surface area contributed by atoms with Gasteiger partial charge in [0.2, 0.25) is 0 Å². The molecule has 0 radical (unpaired) electrons. The van der Waals surface area contributed by atoms with Gasteiger partial charge in [0.15, 0.2) is 0 Å². The highest BCUT2D eigenvalue weighted by Crippen LogP contribution is 2.45. The highest BCUT2D eigenvalue weighted by molar-refractivity contribution is 5.58. The number of nitrogens with zero attached hydrogens (tertiary/aromatic N) is 1. The van der Waals surface area contributed by atoms with Crippen LogP contribution >= 0.6 is 0 Å². The molecule has 2 aliphatic rings. The second kappa shape index (κ2) is 5.18. The SMILES string of the molecule is NCc1ccc(N2CC3(CCOCC3)C2)c(C(F)(F)F)c1. The number of nitrogens with two attached hydrogens (primary N) is 1. The van der Waals surface area contributed by atoms with Gasteiger partial charge in [-0.2, -0.15) is 13.2 Å². The first-order chi connectivity index (χ1) is 9.93. The normalized spacial score (nSPS) is 21.4. The Morgan fingerprint density at radius 2 is 1.86 bits per heavy atom. The van der Waals surface area contributed by atoms with Crippen LogP contribution in [-0.2, 0) is 17.5 Å². The monoisotopic (exact) mass is 300 g/mol. The maximum atomic E-state index is 13.2. The van der Waals surface area contributed by atoms with Gasteiger partial charge < -0.3 is 15.4 Å². The summed E-state index contributed by atoms with van der Waals surface area (Å²) in [5.74, 6) is 0. The minimum atomic E-state index is -4.35. The van der Waals surface area contributed by atoms with E-state index in [4.69, 9.17) is 10.5 Å². The van der Waals surface area contributed by atoms with Crippen molar-refractivity contribution in [2.24, 2.45) is 11.1 Å². The van der Waals surface area contributed by atoms with Gasteiger partial charge in [-0.3, -0.25) is 0 Å². The van der Waals surface area contributed by atoms with Gasteiger partial charge in [0.1, 0.15) is 0 Å². The van der Waals surface area contributed by atoms with Crippen LogP contribution in [0.3, 0.4) is 0 Å². The molecule has 2 heterocycles. The Morgan fingerprint density at radius 1 is 1.19 bits per heavy atom. The van der Waals surface area contributed by atoms with E-state index in [9.17, 15) is 13.2 Å². The molecule has 0 aromatic heterocycles. The first-order valence-electron chi connectivity index (χ1n) is 7.16. The third-order valence-electron chi connectivity index (χ3n) is 4.55. The quantitative estimate of drug-likeness (QED) is 0.913. The molecule has 116 valence electrons. The van der Waals surface area contributed by atoms with Crippen molar-refractivity contribution in [3.63, 3.8) is 0 Å². The van der Waals surface area contributed by atoms with E-state index < -0.39 is 11.7 Å². The fraction of sp³-hybridized carbons (Fsp3) is 0.600. The number of hydrogen-bond acceptors (Lipinski definition) is 3. The Balaban J connectivity index is 1.83. The Hall–Kier alpha value is -1.27. The molecule has 1 spiro atoms. The topological polar surface area (TPSA) is 38.5 Å². The van der Waals surface area contributed by atoms with Gasteiger partial charge in [-0.25, -0.2) is 0 Å². The first-order valence-corrected chi connectivity index (χ1v) is 7.16. The van der Waals surface area contributed by atoms with Crippen molar-refractivity contribution in [1.82, 2.24) is 0 Å². The molecule has 0 atom stereocenters. The molecule has 3 rings (SSSR count). The number of anilines is 1. The van der Waals surface area contributed by atoms with Crippen molar-refractivity contribution < 1.29 is 17.9 Å². The Morgan fingerprint density at radius 3 is 2.43 bits per heavy atom. The van der Waals surface area contributed by atoms with E-state index in [2.05, 4.69) is 0 Å². The van der Waals surface area contributed by atoms with Crippen molar-refractivity contribution in [3.8, 4) is 0 Å². The molecule has 0 unspecified atom stereocenters. The van der Waals surface area contributed by atoms with Crippen molar-refractivity contribution >= 4 is 5.69 Å². The Labute approximate surface area is 121 Å². The van der Waals surface area contributed by atoms with E-state index in [1.165, 1.54) is 6.07 Å². The van der Waals surface area contributed by atoms with Crippen LogP contribution in [0.4, 0.5) is 18.9 Å². The standard InChI is InChI=1S/C15H19F3N2O/c16-15(17,18)12-7-11(8-19)1-2-13(12)20-9-14(10-20)3-5-21-6-4-14/h1-2,7H,3-6,8-10,19H2. The zero-order chi connectivity index (χ0) is 15.1. The summed E-state index contributed by atoms with van der Waals surface area (Å²) < 4.78 is 45.0. The highest BCUT2D eigenvalue weighted by atomic mass is 19.4.